The second-order valence-electron chi connectivity index (χ2n) is 7.07. The van der Waals surface area contributed by atoms with Gasteiger partial charge in [-0.05, 0) is 55.8 Å². The van der Waals surface area contributed by atoms with Crippen LogP contribution < -0.4 is 9.47 Å². The van der Waals surface area contributed by atoms with Gasteiger partial charge in [-0.15, -0.1) is 0 Å². The average molecular weight is 377 g/mol. The summed E-state index contributed by atoms with van der Waals surface area (Å²) in [6.07, 6.45) is 0. The molecule has 1 unspecified atom stereocenters. The van der Waals surface area contributed by atoms with Crippen molar-refractivity contribution in [2.75, 3.05) is 14.2 Å². The zero-order valence-electron chi connectivity index (χ0n) is 16.4. The summed E-state index contributed by atoms with van der Waals surface area (Å²) in [6.45, 7) is 4.06. The molecule has 3 aromatic rings. The molecular formula is C22H23N3O3. The summed E-state index contributed by atoms with van der Waals surface area (Å²) in [5, 5.41) is 7.45. The number of hydrogen-bond donors (Lipinski definition) is 1. The van der Waals surface area contributed by atoms with E-state index in [1.54, 1.807) is 14.2 Å². The van der Waals surface area contributed by atoms with Gasteiger partial charge in [-0.25, -0.2) is 0 Å². The van der Waals surface area contributed by atoms with Gasteiger partial charge in [0, 0.05) is 17.2 Å². The Labute approximate surface area is 164 Å². The van der Waals surface area contributed by atoms with Crippen LogP contribution in [-0.4, -0.2) is 41.3 Å². The summed E-state index contributed by atoms with van der Waals surface area (Å²) in [5.41, 5.74) is 4.22. The number of carbonyl (C=O) groups is 1. The fourth-order valence-electron chi connectivity index (χ4n) is 3.78. The molecule has 6 heteroatoms. The molecular weight excluding hydrogens is 354 g/mol. The zero-order chi connectivity index (χ0) is 19.8. The van der Waals surface area contributed by atoms with Gasteiger partial charge in [-0.2, -0.15) is 5.10 Å². The van der Waals surface area contributed by atoms with E-state index in [0.29, 0.717) is 5.69 Å². The number of benzene rings is 2. The monoisotopic (exact) mass is 377 g/mol. The SMILES string of the molecule is COc1ccc(-c2n[nH]c3c2C(c2ccc(OC)cc2)N(C(C)C)C3=O)cc1. The lowest BCUT2D eigenvalue weighted by Crippen LogP contribution is -2.35. The Bertz CT molecular complexity index is 991. The maximum absolute atomic E-state index is 13.1. The number of nitrogens with zero attached hydrogens (tertiary/aromatic N) is 2. The molecule has 1 atom stereocenters. The highest BCUT2D eigenvalue weighted by atomic mass is 16.5. The van der Waals surface area contributed by atoms with Crippen molar-refractivity contribution in [1.29, 1.82) is 0 Å². The number of methoxy groups -OCH3 is 2. The van der Waals surface area contributed by atoms with Crippen molar-refractivity contribution in [2.45, 2.75) is 25.9 Å². The quantitative estimate of drug-likeness (QED) is 0.728. The number of nitrogens with one attached hydrogen (secondary N) is 1. The third kappa shape index (κ3) is 2.81. The second-order valence-corrected chi connectivity index (χ2v) is 7.07. The lowest BCUT2D eigenvalue weighted by molar-refractivity contribution is 0.0688. The van der Waals surface area contributed by atoms with E-state index in [-0.39, 0.29) is 18.0 Å². The first-order valence-electron chi connectivity index (χ1n) is 9.24. The maximum Gasteiger partial charge on any atom is 0.273 e. The van der Waals surface area contributed by atoms with Gasteiger partial charge >= 0.3 is 0 Å². The van der Waals surface area contributed by atoms with Gasteiger partial charge in [-0.3, -0.25) is 9.89 Å². The molecule has 1 aromatic heterocycles. The Morgan fingerprint density at radius 1 is 0.964 bits per heavy atom. The number of aromatic amines is 1. The van der Waals surface area contributed by atoms with Gasteiger partial charge in [0.05, 0.1) is 26.0 Å². The van der Waals surface area contributed by atoms with Crippen molar-refractivity contribution in [2.24, 2.45) is 0 Å². The van der Waals surface area contributed by atoms with E-state index in [4.69, 9.17) is 9.47 Å². The van der Waals surface area contributed by atoms with Crippen LogP contribution in [0.5, 0.6) is 11.5 Å². The summed E-state index contributed by atoms with van der Waals surface area (Å²) < 4.78 is 10.5. The lowest BCUT2D eigenvalue weighted by Gasteiger charge is -2.30. The van der Waals surface area contributed by atoms with Crippen molar-refractivity contribution >= 4 is 5.91 Å². The van der Waals surface area contributed by atoms with E-state index in [2.05, 4.69) is 10.2 Å². The molecule has 1 amide bonds. The lowest BCUT2D eigenvalue weighted by atomic mass is 9.95. The highest BCUT2D eigenvalue weighted by Gasteiger charge is 2.43. The van der Waals surface area contributed by atoms with E-state index in [1.165, 1.54) is 0 Å². The highest BCUT2D eigenvalue weighted by Crippen LogP contribution is 2.44. The van der Waals surface area contributed by atoms with Crippen molar-refractivity contribution in [3.8, 4) is 22.8 Å². The van der Waals surface area contributed by atoms with Gasteiger partial charge in [0.25, 0.3) is 5.91 Å². The fraction of sp³-hybridized carbons (Fsp3) is 0.273. The summed E-state index contributed by atoms with van der Waals surface area (Å²) >= 11 is 0. The molecule has 28 heavy (non-hydrogen) atoms. The number of amides is 1. The standard InChI is InChI=1S/C22H23N3O3/c1-13(2)25-21(15-7-11-17(28-4)12-8-15)18-19(23-24-20(18)22(25)26)14-5-9-16(27-3)10-6-14/h5-13,21H,1-4H3,(H,23,24). The highest BCUT2D eigenvalue weighted by molar-refractivity contribution is 6.00. The van der Waals surface area contributed by atoms with Crippen LogP contribution >= 0.6 is 0 Å². The number of rotatable bonds is 5. The first kappa shape index (κ1) is 18.1. The van der Waals surface area contributed by atoms with Crippen molar-refractivity contribution in [3.05, 3.63) is 65.4 Å². The number of hydrogen-bond acceptors (Lipinski definition) is 4. The molecule has 6 nitrogen and oxygen atoms in total. The molecule has 1 N–H and O–H groups in total. The molecule has 2 heterocycles. The van der Waals surface area contributed by atoms with E-state index in [0.717, 1.165) is 33.9 Å². The smallest absolute Gasteiger partial charge is 0.273 e. The van der Waals surface area contributed by atoms with Crippen molar-refractivity contribution in [1.82, 2.24) is 15.1 Å². The second kappa shape index (κ2) is 7.03. The molecule has 0 saturated heterocycles. The molecule has 1 aliphatic heterocycles. The Balaban J connectivity index is 1.85. The Kier molecular flexibility index (Phi) is 4.55. The van der Waals surface area contributed by atoms with Crippen LogP contribution in [0.15, 0.2) is 48.5 Å². The number of ether oxygens (including phenoxy) is 2. The number of aromatic nitrogens is 2. The van der Waals surface area contributed by atoms with Crippen LogP contribution in [0.3, 0.4) is 0 Å². The minimum atomic E-state index is -0.204. The first-order chi connectivity index (χ1) is 13.5. The third-order valence-corrected chi connectivity index (χ3v) is 5.16. The van der Waals surface area contributed by atoms with Gasteiger partial charge in [0.1, 0.15) is 17.2 Å². The van der Waals surface area contributed by atoms with E-state index < -0.39 is 0 Å². The normalized spacial score (nSPS) is 15.8. The molecule has 144 valence electrons. The van der Waals surface area contributed by atoms with E-state index in [1.807, 2.05) is 67.3 Å². The van der Waals surface area contributed by atoms with Gasteiger partial charge in [0.15, 0.2) is 0 Å². The van der Waals surface area contributed by atoms with E-state index >= 15 is 0 Å². The first-order valence-corrected chi connectivity index (χ1v) is 9.24. The molecule has 1 aliphatic rings. The van der Waals surface area contributed by atoms with Gasteiger partial charge in [0.2, 0.25) is 0 Å². The van der Waals surface area contributed by atoms with Crippen molar-refractivity contribution < 1.29 is 14.3 Å². The molecule has 0 saturated carbocycles. The van der Waals surface area contributed by atoms with Gasteiger partial charge in [-0.1, -0.05) is 12.1 Å². The number of fused-ring (bicyclic) bond motifs is 1. The molecule has 0 bridgehead atoms. The summed E-state index contributed by atoms with van der Waals surface area (Å²) in [5.74, 6) is 1.53. The summed E-state index contributed by atoms with van der Waals surface area (Å²) in [7, 11) is 3.28. The summed E-state index contributed by atoms with van der Waals surface area (Å²) in [4.78, 5) is 15.0. The largest absolute Gasteiger partial charge is 0.497 e. The zero-order valence-corrected chi connectivity index (χ0v) is 16.4. The molecule has 4 rings (SSSR count). The fourth-order valence-corrected chi connectivity index (χ4v) is 3.78. The van der Waals surface area contributed by atoms with Crippen LogP contribution in [0.1, 0.15) is 41.5 Å². The van der Waals surface area contributed by atoms with Crippen LogP contribution in [0.4, 0.5) is 0 Å². The number of H-pyrrole nitrogens is 1. The predicted molar refractivity (Wildman–Crippen MR) is 107 cm³/mol. The van der Waals surface area contributed by atoms with Crippen LogP contribution in [0.2, 0.25) is 0 Å². The summed E-state index contributed by atoms with van der Waals surface area (Å²) in [6, 6.07) is 15.4. The topological polar surface area (TPSA) is 67.5 Å². The molecule has 0 aliphatic carbocycles. The number of carbonyl (C=O) groups excluding carboxylic acids is 1. The van der Waals surface area contributed by atoms with Crippen molar-refractivity contribution in [3.63, 3.8) is 0 Å². The van der Waals surface area contributed by atoms with E-state index in [9.17, 15) is 4.79 Å². The minimum absolute atomic E-state index is 0.0296. The molecule has 0 fully saturated rings. The minimum Gasteiger partial charge on any atom is -0.497 e. The third-order valence-electron chi connectivity index (χ3n) is 5.16. The van der Waals surface area contributed by atoms with Gasteiger partial charge < -0.3 is 14.4 Å². The van der Waals surface area contributed by atoms with Crippen LogP contribution in [0, 0.1) is 0 Å². The average Bonchev–Trinajstić information content (AvgIpc) is 3.27. The molecule has 0 radical (unpaired) electrons. The molecule has 2 aromatic carbocycles. The Morgan fingerprint density at radius 2 is 1.54 bits per heavy atom. The van der Waals surface area contributed by atoms with Crippen LogP contribution in [0.25, 0.3) is 11.3 Å². The van der Waals surface area contributed by atoms with Crippen LogP contribution in [-0.2, 0) is 0 Å². The predicted octanol–water partition coefficient (Wildman–Crippen LogP) is 4.05. The Hall–Kier alpha value is -3.28. The molecule has 0 spiro atoms. The Morgan fingerprint density at radius 3 is 2.07 bits per heavy atom. The maximum atomic E-state index is 13.1.